The summed E-state index contributed by atoms with van der Waals surface area (Å²) in [7, 11) is 0. The smallest absolute Gasteiger partial charge is 0.169 e. The van der Waals surface area contributed by atoms with Crippen molar-refractivity contribution >= 4 is 5.78 Å². The first-order chi connectivity index (χ1) is 5.67. The predicted molar refractivity (Wildman–Crippen MR) is 49.5 cm³/mol. The van der Waals surface area contributed by atoms with E-state index in [1.54, 1.807) is 6.08 Å². The summed E-state index contributed by atoms with van der Waals surface area (Å²) in [6.45, 7) is 4.19. The van der Waals surface area contributed by atoms with E-state index in [9.17, 15) is 4.79 Å². The Morgan fingerprint density at radius 3 is 2.08 bits per heavy atom. The zero-order chi connectivity index (χ0) is 9.19. The van der Waals surface area contributed by atoms with Crippen LogP contribution in [0.25, 0.3) is 0 Å². The molecule has 0 amide bonds. The molecule has 0 aromatic carbocycles. The largest absolute Gasteiger partial charge is 0.401 e. The van der Waals surface area contributed by atoms with Crippen LogP contribution in [0, 0.1) is 5.41 Å². The Kier molecular flexibility index (Phi) is 2.55. The molecule has 2 heteroatoms. The van der Waals surface area contributed by atoms with E-state index in [0.29, 0.717) is 0 Å². The zero-order valence-electron chi connectivity index (χ0n) is 7.89. The molecule has 0 heterocycles. The van der Waals surface area contributed by atoms with Gasteiger partial charge in [0.1, 0.15) is 0 Å². The van der Waals surface area contributed by atoms with Crippen LogP contribution in [0.2, 0.25) is 0 Å². The van der Waals surface area contributed by atoms with Crippen LogP contribution in [-0.2, 0) is 4.79 Å². The molecule has 2 nitrogen and oxygen atoms in total. The number of nitrogens with two attached hydrogens (primary N) is 1. The molecule has 1 aliphatic carbocycles. The summed E-state index contributed by atoms with van der Waals surface area (Å²) in [5.74, 6) is 0.240. The average molecular weight is 167 g/mol. The summed E-state index contributed by atoms with van der Waals surface area (Å²) in [4.78, 5) is 11.4. The Labute approximate surface area is 73.8 Å². The topological polar surface area (TPSA) is 43.1 Å². The van der Waals surface area contributed by atoms with Crippen molar-refractivity contribution in [3.8, 4) is 0 Å². The van der Waals surface area contributed by atoms with E-state index in [4.69, 9.17) is 5.73 Å². The van der Waals surface area contributed by atoms with E-state index in [0.717, 1.165) is 31.4 Å². The molecule has 0 saturated heterocycles. The SMILES string of the molecule is CCCC1(CCC)C(=O)C=C1N. The highest BCUT2D eigenvalue weighted by molar-refractivity contribution is 6.04. The molecule has 68 valence electrons. The van der Waals surface area contributed by atoms with Gasteiger partial charge in [0.25, 0.3) is 0 Å². The Balaban J connectivity index is 2.75. The maximum atomic E-state index is 11.4. The normalized spacial score (nSPS) is 20.2. The molecule has 0 aromatic heterocycles. The summed E-state index contributed by atoms with van der Waals surface area (Å²) >= 11 is 0. The highest BCUT2D eigenvalue weighted by Gasteiger charge is 2.44. The molecule has 0 spiro atoms. The molecular weight excluding hydrogens is 150 g/mol. The van der Waals surface area contributed by atoms with Crippen molar-refractivity contribution in [2.24, 2.45) is 11.1 Å². The molecule has 1 aliphatic rings. The minimum atomic E-state index is -0.260. The molecule has 0 fully saturated rings. The number of carbonyl (C=O) groups is 1. The third-order valence-electron chi connectivity index (χ3n) is 2.66. The van der Waals surface area contributed by atoms with E-state index in [-0.39, 0.29) is 11.2 Å². The summed E-state index contributed by atoms with van der Waals surface area (Å²) in [5.41, 5.74) is 6.30. The number of ketones is 1. The molecule has 0 aliphatic heterocycles. The summed E-state index contributed by atoms with van der Waals surface area (Å²) in [6, 6.07) is 0. The molecule has 2 N–H and O–H groups in total. The lowest BCUT2D eigenvalue weighted by molar-refractivity contribution is -0.125. The first-order valence-corrected chi connectivity index (χ1v) is 4.69. The quantitative estimate of drug-likeness (QED) is 0.696. The number of rotatable bonds is 4. The van der Waals surface area contributed by atoms with Crippen molar-refractivity contribution in [1.29, 1.82) is 0 Å². The molecule has 0 aromatic rings. The maximum absolute atomic E-state index is 11.4. The van der Waals surface area contributed by atoms with Crippen molar-refractivity contribution in [1.82, 2.24) is 0 Å². The maximum Gasteiger partial charge on any atom is 0.169 e. The van der Waals surface area contributed by atoms with E-state index in [1.165, 1.54) is 0 Å². The summed E-state index contributed by atoms with van der Waals surface area (Å²) in [5, 5.41) is 0. The number of hydrogen-bond acceptors (Lipinski definition) is 2. The molecule has 0 radical (unpaired) electrons. The second kappa shape index (κ2) is 3.30. The van der Waals surface area contributed by atoms with Gasteiger partial charge in [0, 0.05) is 11.8 Å². The van der Waals surface area contributed by atoms with Crippen molar-refractivity contribution in [3.63, 3.8) is 0 Å². The zero-order valence-corrected chi connectivity index (χ0v) is 7.89. The van der Waals surface area contributed by atoms with Gasteiger partial charge in [-0.1, -0.05) is 26.7 Å². The second-order valence-electron chi connectivity index (χ2n) is 3.55. The van der Waals surface area contributed by atoms with Crippen LogP contribution in [0.15, 0.2) is 11.8 Å². The summed E-state index contributed by atoms with van der Waals surface area (Å²) in [6.07, 6.45) is 5.47. The fraction of sp³-hybridized carbons (Fsp3) is 0.700. The molecule has 12 heavy (non-hydrogen) atoms. The Hall–Kier alpha value is -0.790. The van der Waals surface area contributed by atoms with E-state index >= 15 is 0 Å². The lowest BCUT2D eigenvalue weighted by Gasteiger charge is -2.38. The Bertz CT molecular complexity index is 212. The van der Waals surface area contributed by atoms with Gasteiger partial charge in [-0.15, -0.1) is 0 Å². The van der Waals surface area contributed by atoms with E-state index in [1.807, 2.05) is 0 Å². The molecular formula is C10H17NO. The third-order valence-corrected chi connectivity index (χ3v) is 2.66. The molecule has 1 rings (SSSR count). The Morgan fingerprint density at radius 2 is 1.83 bits per heavy atom. The predicted octanol–water partition coefficient (Wildman–Crippen LogP) is 2.00. The van der Waals surface area contributed by atoms with Gasteiger partial charge >= 0.3 is 0 Å². The molecule has 0 atom stereocenters. The van der Waals surface area contributed by atoms with Crippen LogP contribution in [0.3, 0.4) is 0 Å². The van der Waals surface area contributed by atoms with Crippen LogP contribution in [0.4, 0.5) is 0 Å². The van der Waals surface area contributed by atoms with E-state index in [2.05, 4.69) is 13.8 Å². The number of hydrogen-bond donors (Lipinski definition) is 1. The molecule has 0 unspecified atom stereocenters. The van der Waals surface area contributed by atoms with E-state index < -0.39 is 0 Å². The average Bonchev–Trinajstić information content (AvgIpc) is 2.04. The van der Waals surface area contributed by atoms with Gasteiger partial charge in [0.15, 0.2) is 5.78 Å². The van der Waals surface area contributed by atoms with Crippen LogP contribution in [-0.4, -0.2) is 5.78 Å². The van der Waals surface area contributed by atoms with Gasteiger partial charge in [0.05, 0.1) is 5.41 Å². The van der Waals surface area contributed by atoms with Gasteiger partial charge in [-0.2, -0.15) is 0 Å². The first-order valence-electron chi connectivity index (χ1n) is 4.69. The van der Waals surface area contributed by atoms with Crippen molar-refractivity contribution < 1.29 is 4.79 Å². The fourth-order valence-electron chi connectivity index (χ4n) is 2.00. The summed E-state index contributed by atoms with van der Waals surface area (Å²) < 4.78 is 0. The second-order valence-corrected chi connectivity index (χ2v) is 3.55. The Morgan fingerprint density at radius 1 is 1.33 bits per heavy atom. The van der Waals surface area contributed by atoms with Crippen LogP contribution in [0.5, 0.6) is 0 Å². The first kappa shape index (κ1) is 9.30. The van der Waals surface area contributed by atoms with Crippen LogP contribution >= 0.6 is 0 Å². The lowest BCUT2D eigenvalue weighted by atomic mass is 9.66. The minimum absolute atomic E-state index is 0.240. The molecule has 0 bridgehead atoms. The van der Waals surface area contributed by atoms with Crippen molar-refractivity contribution in [3.05, 3.63) is 11.8 Å². The monoisotopic (exact) mass is 167 g/mol. The molecule has 0 saturated carbocycles. The van der Waals surface area contributed by atoms with Gasteiger partial charge in [-0.05, 0) is 12.8 Å². The standard InChI is InChI=1S/C10H17NO/c1-3-5-10(6-4-2)8(11)7-9(10)12/h7H,3-6,11H2,1-2H3. The van der Waals surface area contributed by atoms with Crippen LogP contribution < -0.4 is 5.73 Å². The third kappa shape index (κ3) is 1.15. The number of allylic oxidation sites excluding steroid dienone is 2. The van der Waals surface area contributed by atoms with Crippen molar-refractivity contribution in [2.75, 3.05) is 0 Å². The highest BCUT2D eigenvalue weighted by atomic mass is 16.1. The van der Waals surface area contributed by atoms with Gasteiger partial charge in [-0.3, -0.25) is 4.79 Å². The highest BCUT2D eigenvalue weighted by Crippen LogP contribution is 2.42. The van der Waals surface area contributed by atoms with Gasteiger partial charge < -0.3 is 5.73 Å². The fourth-order valence-corrected chi connectivity index (χ4v) is 2.00. The van der Waals surface area contributed by atoms with Gasteiger partial charge in [0.2, 0.25) is 0 Å². The lowest BCUT2D eigenvalue weighted by Crippen LogP contribution is -2.43. The minimum Gasteiger partial charge on any atom is -0.401 e. The van der Waals surface area contributed by atoms with Crippen molar-refractivity contribution in [2.45, 2.75) is 39.5 Å². The van der Waals surface area contributed by atoms with Crippen LogP contribution in [0.1, 0.15) is 39.5 Å². The van der Waals surface area contributed by atoms with Gasteiger partial charge in [-0.25, -0.2) is 0 Å². The number of carbonyl (C=O) groups excluding carboxylic acids is 1.